The summed E-state index contributed by atoms with van der Waals surface area (Å²) < 4.78 is 0. The molecule has 1 heterocycles. The van der Waals surface area contributed by atoms with Crippen molar-refractivity contribution in [2.45, 2.75) is 50.2 Å². The van der Waals surface area contributed by atoms with Crippen molar-refractivity contribution in [1.82, 2.24) is 4.98 Å². The highest BCUT2D eigenvalue weighted by atomic mass is 16.4. The van der Waals surface area contributed by atoms with E-state index < -0.39 is 11.6 Å². The number of nitrogens with zero attached hydrogens (tertiary/aromatic N) is 1. The lowest BCUT2D eigenvalue weighted by Gasteiger charge is -2.58. The van der Waals surface area contributed by atoms with E-state index in [2.05, 4.69) is 10.3 Å². The summed E-state index contributed by atoms with van der Waals surface area (Å²) in [5, 5.41) is 23.9. The Morgan fingerprint density at radius 1 is 1.25 bits per heavy atom. The molecule has 5 aliphatic rings. The van der Waals surface area contributed by atoms with E-state index in [1.165, 1.54) is 6.20 Å². The van der Waals surface area contributed by atoms with E-state index in [-0.39, 0.29) is 11.6 Å². The number of allylic oxidation sites excluding steroid dienone is 1. The zero-order valence-electron chi connectivity index (χ0n) is 13.5. The fraction of sp³-hybridized carbons (Fsp3) is 0.579. The van der Waals surface area contributed by atoms with Crippen LogP contribution in [0.5, 0.6) is 0 Å². The SMILES string of the molecule is O=C(O)c1cnc2c(c1NC1[C@@H]3CC4C[C@H]1CC(O)(C4)C3)C=CC2. The number of fused-ring (bicyclic) bond motifs is 1. The molecule has 0 radical (unpaired) electrons. The molecule has 5 aliphatic carbocycles. The highest BCUT2D eigenvalue weighted by Crippen LogP contribution is 2.56. The van der Waals surface area contributed by atoms with Crippen molar-refractivity contribution >= 4 is 17.7 Å². The van der Waals surface area contributed by atoms with Crippen LogP contribution in [0.25, 0.3) is 6.08 Å². The molecule has 5 atom stereocenters. The van der Waals surface area contributed by atoms with Gasteiger partial charge in [0.05, 0.1) is 17.0 Å². The van der Waals surface area contributed by atoms with Gasteiger partial charge < -0.3 is 15.5 Å². The van der Waals surface area contributed by atoms with Crippen molar-refractivity contribution in [3.63, 3.8) is 0 Å². The Hall–Kier alpha value is -1.88. The lowest BCUT2D eigenvalue weighted by molar-refractivity contribution is -0.129. The number of anilines is 1. The van der Waals surface area contributed by atoms with Crippen molar-refractivity contribution in [2.24, 2.45) is 17.8 Å². The topological polar surface area (TPSA) is 82.5 Å². The molecule has 0 aromatic carbocycles. The first-order chi connectivity index (χ1) is 11.5. The number of aliphatic hydroxyl groups is 1. The van der Waals surface area contributed by atoms with Gasteiger partial charge in [-0.15, -0.1) is 0 Å². The third-order valence-electron chi connectivity index (χ3n) is 6.58. The number of hydrogen-bond acceptors (Lipinski definition) is 4. The summed E-state index contributed by atoms with van der Waals surface area (Å²) in [4.78, 5) is 16.0. The molecule has 1 aromatic rings. The van der Waals surface area contributed by atoms with Gasteiger partial charge in [0, 0.05) is 24.2 Å². The summed E-state index contributed by atoms with van der Waals surface area (Å²) in [5.41, 5.74) is 2.40. The maximum Gasteiger partial charge on any atom is 0.339 e. The highest BCUT2D eigenvalue weighted by Gasteiger charge is 2.54. The second-order valence-electron chi connectivity index (χ2n) is 8.18. The van der Waals surface area contributed by atoms with Gasteiger partial charge in [-0.25, -0.2) is 4.79 Å². The van der Waals surface area contributed by atoms with Gasteiger partial charge in [-0.1, -0.05) is 12.2 Å². The van der Waals surface area contributed by atoms with Crippen molar-refractivity contribution in [3.8, 4) is 0 Å². The Bertz CT molecular complexity index is 741. The number of rotatable bonds is 3. The highest BCUT2D eigenvalue weighted by molar-refractivity contribution is 5.97. The number of carbonyl (C=O) groups is 1. The van der Waals surface area contributed by atoms with Crippen LogP contribution in [0.15, 0.2) is 12.3 Å². The third kappa shape index (κ3) is 2.04. The molecule has 5 nitrogen and oxygen atoms in total. The standard InChI is InChI=1S/C19H22N2O3/c22-18(23)14-9-20-15-3-1-2-13(15)17(14)21-16-11-4-10-5-12(16)8-19(24,6-10)7-11/h1-2,9-12,16,24H,3-8H2,(H,20,21)(H,22,23)/t10?,11-,12+,16?,19?. The van der Waals surface area contributed by atoms with Crippen LogP contribution in [0.3, 0.4) is 0 Å². The van der Waals surface area contributed by atoms with E-state index in [4.69, 9.17) is 0 Å². The van der Waals surface area contributed by atoms with Gasteiger partial charge in [0.2, 0.25) is 0 Å². The molecule has 0 spiro atoms. The summed E-state index contributed by atoms with van der Waals surface area (Å²) in [5.74, 6) is 0.595. The second kappa shape index (κ2) is 4.82. The lowest BCUT2D eigenvalue weighted by atomic mass is 9.52. The van der Waals surface area contributed by atoms with Gasteiger partial charge in [0.1, 0.15) is 5.56 Å². The zero-order chi connectivity index (χ0) is 16.5. The average molecular weight is 326 g/mol. The Kier molecular flexibility index (Phi) is 2.90. The molecular weight excluding hydrogens is 304 g/mol. The Labute approximate surface area is 140 Å². The number of carboxylic acid groups (broad SMARTS) is 1. The molecule has 4 fully saturated rings. The Balaban J connectivity index is 1.52. The second-order valence-corrected chi connectivity index (χ2v) is 8.18. The third-order valence-corrected chi connectivity index (χ3v) is 6.58. The minimum Gasteiger partial charge on any atom is -0.478 e. The number of aromatic carboxylic acids is 1. The van der Waals surface area contributed by atoms with Crippen LogP contribution in [0, 0.1) is 17.8 Å². The molecule has 5 heteroatoms. The summed E-state index contributed by atoms with van der Waals surface area (Å²) in [6.45, 7) is 0. The number of carboxylic acids is 1. The van der Waals surface area contributed by atoms with Crippen molar-refractivity contribution in [1.29, 1.82) is 0 Å². The fourth-order valence-corrected chi connectivity index (χ4v) is 5.90. The van der Waals surface area contributed by atoms with Gasteiger partial charge in [-0.3, -0.25) is 4.98 Å². The van der Waals surface area contributed by atoms with Crippen LogP contribution >= 0.6 is 0 Å². The number of pyridine rings is 1. The van der Waals surface area contributed by atoms with Crippen LogP contribution in [-0.4, -0.2) is 32.8 Å². The van der Waals surface area contributed by atoms with Crippen molar-refractivity contribution < 1.29 is 15.0 Å². The van der Waals surface area contributed by atoms with Gasteiger partial charge in [-0.05, 0) is 49.9 Å². The molecule has 126 valence electrons. The van der Waals surface area contributed by atoms with Crippen molar-refractivity contribution in [2.75, 3.05) is 5.32 Å². The first-order valence-electron chi connectivity index (χ1n) is 8.93. The molecule has 1 aromatic heterocycles. The van der Waals surface area contributed by atoms with Gasteiger partial charge in [0.25, 0.3) is 0 Å². The molecule has 24 heavy (non-hydrogen) atoms. The quantitative estimate of drug-likeness (QED) is 0.795. The first kappa shape index (κ1) is 14.5. The Morgan fingerprint density at radius 3 is 2.67 bits per heavy atom. The minimum atomic E-state index is -0.935. The summed E-state index contributed by atoms with van der Waals surface area (Å²) in [6.07, 6.45) is 11.2. The molecule has 0 amide bonds. The molecule has 4 saturated carbocycles. The molecular formula is C19H22N2O3. The fourth-order valence-electron chi connectivity index (χ4n) is 5.90. The van der Waals surface area contributed by atoms with E-state index in [0.717, 1.165) is 55.5 Å². The largest absolute Gasteiger partial charge is 0.478 e. The van der Waals surface area contributed by atoms with Crippen LogP contribution in [0.1, 0.15) is 53.7 Å². The Morgan fingerprint density at radius 2 is 2.00 bits per heavy atom. The van der Waals surface area contributed by atoms with Crippen LogP contribution < -0.4 is 5.32 Å². The smallest absolute Gasteiger partial charge is 0.339 e. The van der Waals surface area contributed by atoms with E-state index in [9.17, 15) is 15.0 Å². The predicted octanol–water partition coefficient (Wildman–Crippen LogP) is 2.70. The maximum atomic E-state index is 11.7. The van der Waals surface area contributed by atoms with Gasteiger partial charge >= 0.3 is 5.97 Å². The molecule has 3 unspecified atom stereocenters. The number of nitrogens with one attached hydrogen (secondary N) is 1. The molecule has 0 aliphatic heterocycles. The molecule has 0 saturated heterocycles. The van der Waals surface area contributed by atoms with Crippen LogP contribution in [-0.2, 0) is 6.42 Å². The van der Waals surface area contributed by atoms with E-state index >= 15 is 0 Å². The maximum absolute atomic E-state index is 11.7. The van der Waals surface area contributed by atoms with E-state index in [0.29, 0.717) is 17.8 Å². The summed E-state index contributed by atoms with van der Waals surface area (Å²) in [7, 11) is 0. The molecule has 4 bridgehead atoms. The van der Waals surface area contributed by atoms with Crippen molar-refractivity contribution in [3.05, 3.63) is 29.1 Å². The zero-order valence-corrected chi connectivity index (χ0v) is 13.5. The lowest BCUT2D eigenvalue weighted by Crippen LogP contribution is -2.59. The van der Waals surface area contributed by atoms with E-state index in [1.807, 2.05) is 12.2 Å². The number of aromatic nitrogens is 1. The molecule has 6 rings (SSSR count). The van der Waals surface area contributed by atoms with E-state index in [1.54, 1.807) is 0 Å². The normalized spacial score (nSPS) is 38.4. The van der Waals surface area contributed by atoms with Crippen LogP contribution in [0.2, 0.25) is 0 Å². The predicted molar refractivity (Wildman–Crippen MR) is 89.8 cm³/mol. The van der Waals surface area contributed by atoms with Gasteiger partial charge in [0.15, 0.2) is 0 Å². The average Bonchev–Trinajstić information content (AvgIpc) is 2.97. The summed E-state index contributed by atoms with van der Waals surface area (Å²) in [6, 6.07) is 0.264. The van der Waals surface area contributed by atoms with Gasteiger partial charge in [-0.2, -0.15) is 0 Å². The van der Waals surface area contributed by atoms with Crippen LogP contribution in [0.4, 0.5) is 5.69 Å². The minimum absolute atomic E-state index is 0.257. The monoisotopic (exact) mass is 326 g/mol. The summed E-state index contributed by atoms with van der Waals surface area (Å²) >= 11 is 0. The first-order valence-corrected chi connectivity index (χ1v) is 8.93. The molecule has 3 N–H and O–H groups in total. The number of hydrogen-bond donors (Lipinski definition) is 3.